The second-order valence-electron chi connectivity index (χ2n) is 9.37. The van der Waals surface area contributed by atoms with Gasteiger partial charge in [-0.25, -0.2) is 4.98 Å². The SMILES string of the molecule is O=C(CNC(=O)c1cccc(OC(F)F)c1)Nc1nc(C23CC4CC(CC(C4)C2)C3)cs1. The molecule has 1 aromatic carbocycles. The highest BCUT2D eigenvalue weighted by Crippen LogP contribution is 2.60. The Labute approximate surface area is 188 Å². The first-order valence-electron chi connectivity index (χ1n) is 11.0. The summed E-state index contributed by atoms with van der Waals surface area (Å²) in [5.74, 6) is 1.41. The van der Waals surface area contributed by atoms with Crippen LogP contribution >= 0.6 is 11.3 Å². The van der Waals surface area contributed by atoms with Gasteiger partial charge in [-0.05, 0) is 74.5 Å². The number of hydrogen-bond acceptors (Lipinski definition) is 5. The van der Waals surface area contributed by atoms with Crippen molar-refractivity contribution in [3.05, 3.63) is 40.9 Å². The van der Waals surface area contributed by atoms with Crippen molar-refractivity contribution in [1.82, 2.24) is 10.3 Å². The van der Waals surface area contributed by atoms with Crippen LogP contribution in [0.2, 0.25) is 0 Å². The van der Waals surface area contributed by atoms with E-state index in [1.165, 1.54) is 74.1 Å². The van der Waals surface area contributed by atoms with Gasteiger partial charge in [0.1, 0.15) is 5.75 Å². The van der Waals surface area contributed by atoms with Crippen LogP contribution in [0.15, 0.2) is 29.6 Å². The molecular formula is C23H25F2N3O3S. The van der Waals surface area contributed by atoms with Crippen molar-refractivity contribution >= 4 is 28.3 Å². The van der Waals surface area contributed by atoms with Gasteiger partial charge >= 0.3 is 6.61 Å². The third kappa shape index (κ3) is 4.35. The molecule has 1 heterocycles. The Kier molecular flexibility index (Phi) is 5.61. The van der Waals surface area contributed by atoms with E-state index < -0.39 is 12.5 Å². The summed E-state index contributed by atoms with van der Waals surface area (Å²) in [7, 11) is 0. The van der Waals surface area contributed by atoms with Gasteiger partial charge in [0.05, 0.1) is 12.2 Å². The summed E-state index contributed by atoms with van der Waals surface area (Å²) in [6, 6.07) is 5.44. The molecule has 0 atom stereocenters. The fourth-order valence-electron chi connectivity index (χ4n) is 6.24. The normalized spacial score (nSPS) is 28.0. The van der Waals surface area contributed by atoms with Crippen molar-refractivity contribution in [1.29, 1.82) is 0 Å². The number of nitrogens with one attached hydrogen (secondary N) is 2. The maximum absolute atomic E-state index is 12.3. The van der Waals surface area contributed by atoms with Gasteiger partial charge in [0.2, 0.25) is 5.91 Å². The molecule has 0 radical (unpaired) electrons. The molecule has 2 N–H and O–H groups in total. The number of ether oxygens (including phenoxy) is 1. The van der Waals surface area contributed by atoms with Crippen LogP contribution in [0.25, 0.3) is 0 Å². The second kappa shape index (κ2) is 8.42. The molecule has 0 unspecified atom stereocenters. The Hall–Kier alpha value is -2.55. The number of halogens is 2. The summed E-state index contributed by atoms with van der Waals surface area (Å²) in [4.78, 5) is 29.3. The molecule has 4 aliphatic rings. The zero-order valence-electron chi connectivity index (χ0n) is 17.5. The van der Waals surface area contributed by atoms with E-state index in [9.17, 15) is 18.4 Å². The second-order valence-corrected chi connectivity index (χ2v) is 10.2. The number of benzene rings is 1. The molecule has 0 aliphatic heterocycles. The van der Waals surface area contributed by atoms with E-state index in [0.29, 0.717) is 5.13 Å². The Morgan fingerprint density at radius 1 is 1.16 bits per heavy atom. The van der Waals surface area contributed by atoms with Gasteiger partial charge in [-0.2, -0.15) is 8.78 Å². The van der Waals surface area contributed by atoms with Crippen molar-refractivity contribution in [3.8, 4) is 5.75 Å². The van der Waals surface area contributed by atoms with Crippen LogP contribution in [0.3, 0.4) is 0 Å². The fraction of sp³-hybridized carbons (Fsp3) is 0.522. The van der Waals surface area contributed by atoms with E-state index in [0.717, 1.165) is 23.4 Å². The lowest BCUT2D eigenvalue weighted by Gasteiger charge is -2.56. The van der Waals surface area contributed by atoms with Gasteiger partial charge in [-0.1, -0.05) is 6.07 Å². The molecule has 4 fully saturated rings. The van der Waals surface area contributed by atoms with Crippen LogP contribution in [0.1, 0.15) is 54.6 Å². The molecule has 9 heteroatoms. The highest BCUT2D eigenvalue weighted by molar-refractivity contribution is 7.14. The average molecular weight is 462 g/mol. The lowest BCUT2D eigenvalue weighted by molar-refractivity contribution is -0.115. The van der Waals surface area contributed by atoms with Gasteiger partial charge in [-0.3, -0.25) is 9.59 Å². The quantitative estimate of drug-likeness (QED) is 0.633. The molecule has 4 aliphatic carbocycles. The molecule has 6 rings (SSSR count). The number of carbonyl (C=O) groups excluding carboxylic acids is 2. The zero-order valence-corrected chi connectivity index (χ0v) is 18.3. The standard InChI is InChI=1S/C23H25F2N3O3S/c24-21(25)31-17-3-1-2-16(7-17)20(30)26-11-19(29)28-22-27-18(12-32-22)23-8-13-4-14(9-23)6-15(5-13)10-23/h1-3,7,12-15,21H,4-6,8-11H2,(H,26,30)(H,27,28,29). The summed E-state index contributed by atoms with van der Waals surface area (Å²) in [5.41, 5.74) is 1.42. The van der Waals surface area contributed by atoms with Crippen LogP contribution in [0, 0.1) is 17.8 Å². The lowest BCUT2D eigenvalue weighted by atomic mass is 9.49. The Balaban J connectivity index is 1.16. The molecule has 2 amide bonds. The maximum atomic E-state index is 12.3. The lowest BCUT2D eigenvalue weighted by Crippen LogP contribution is -2.48. The first-order chi connectivity index (χ1) is 15.4. The van der Waals surface area contributed by atoms with Crippen molar-refractivity contribution < 1.29 is 23.1 Å². The smallest absolute Gasteiger partial charge is 0.387 e. The maximum Gasteiger partial charge on any atom is 0.387 e. The molecule has 0 saturated heterocycles. The first kappa shape index (κ1) is 21.3. The Bertz CT molecular complexity index is 990. The molecule has 1 aromatic heterocycles. The molecule has 4 bridgehead atoms. The fourth-order valence-corrected chi connectivity index (χ4v) is 7.09. The highest BCUT2D eigenvalue weighted by Gasteiger charge is 2.52. The largest absolute Gasteiger partial charge is 0.435 e. The molecule has 32 heavy (non-hydrogen) atoms. The molecular weight excluding hydrogens is 436 g/mol. The van der Waals surface area contributed by atoms with E-state index in [4.69, 9.17) is 4.98 Å². The van der Waals surface area contributed by atoms with Gasteiger partial charge in [0.25, 0.3) is 5.91 Å². The predicted octanol–water partition coefficient (Wildman–Crippen LogP) is 4.58. The summed E-state index contributed by atoms with van der Waals surface area (Å²) in [5, 5.41) is 7.89. The minimum atomic E-state index is -2.97. The van der Waals surface area contributed by atoms with Crippen LogP contribution in [0.5, 0.6) is 5.75 Å². The van der Waals surface area contributed by atoms with Crippen molar-refractivity contribution in [3.63, 3.8) is 0 Å². The van der Waals surface area contributed by atoms with E-state index in [1.807, 2.05) is 0 Å². The topological polar surface area (TPSA) is 80.3 Å². The minimum Gasteiger partial charge on any atom is -0.435 e. The Morgan fingerprint density at radius 2 is 1.84 bits per heavy atom. The van der Waals surface area contributed by atoms with Crippen LogP contribution in [-0.2, 0) is 10.2 Å². The number of aromatic nitrogens is 1. The summed E-state index contributed by atoms with van der Waals surface area (Å²) in [6.07, 6.45) is 7.72. The number of hydrogen-bond donors (Lipinski definition) is 2. The van der Waals surface area contributed by atoms with Crippen molar-refractivity contribution in [2.45, 2.75) is 50.6 Å². The van der Waals surface area contributed by atoms with E-state index in [-0.39, 0.29) is 29.2 Å². The minimum absolute atomic E-state index is 0.114. The predicted molar refractivity (Wildman–Crippen MR) is 116 cm³/mol. The van der Waals surface area contributed by atoms with E-state index >= 15 is 0 Å². The molecule has 2 aromatic rings. The number of alkyl halides is 2. The molecule has 170 valence electrons. The molecule has 0 spiro atoms. The third-order valence-corrected chi connectivity index (χ3v) is 7.82. The van der Waals surface area contributed by atoms with E-state index in [2.05, 4.69) is 20.8 Å². The Morgan fingerprint density at radius 3 is 2.50 bits per heavy atom. The number of amides is 2. The first-order valence-corrected chi connectivity index (χ1v) is 11.9. The molecule has 4 saturated carbocycles. The summed E-state index contributed by atoms with van der Waals surface area (Å²) in [6.45, 7) is -3.22. The number of thiazole rings is 1. The third-order valence-electron chi connectivity index (χ3n) is 7.06. The zero-order chi connectivity index (χ0) is 22.3. The summed E-state index contributed by atoms with van der Waals surface area (Å²) >= 11 is 1.42. The van der Waals surface area contributed by atoms with Gasteiger partial charge in [-0.15, -0.1) is 11.3 Å². The van der Waals surface area contributed by atoms with Gasteiger partial charge in [0.15, 0.2) is 5.13 Å². The number of nitrogens with zero attached hydrogens (tertiary/aromatic N) is 1. The van der Waals surface area contributed by atoms with Crippen molar-refractivity contribution in [2.75, 3.05) is 11.9 Å². The van der Waals surface area contributed by atoms with Crippen LogP contribution in [-0.4, -0.2) is 30.0 Å². The number of anilines is 1. The van der Waals surface area contributed by atoms with Gasteiger partial charge < -0.3 is 15.4 Å². The number of rotatable bonds is 7. The highest BCUT2D eigenvalue weighted by atomic mass is 32.1. The monoisotopic (exact) mass is 461 g/mol. The van der Waals surface area contributed by atoms with Gasteiger partial charge in [0, 0.05) is 16.4 Å². The van der Waals surface area contributed by atoms with Crippen LogP contribution in [0.4, 0.5) is 13.9 Å². The number of carbonyl (C=O) groups is 2. The van der Waals surface area contributed by atoms with E-state index in [1.54, 1.807) is 0 Å². The van der Waals surface area contributed by atoms with Crippen LogP contribution < -0.4 is 15.4 Å². The molecule has 6 nitrogen and oxygen atoms in total. The average Bonchev–Trinajstić information content (AvgIpc) is 3.20. The van der Waals surface area contributed by atoms with Crippen molar-refractivity contribution in [2.24, 2.45) is 17.8 Å². The summed E-state index contributed by atoms with van der Waals surface area (Å²) < 4.78 is 29.0.